The molecule has 0 heterocycles. The molecule has 0 saturated carbocycles. The van der Waals surface area contributed by atoms with E-state index < -0.39 is 12.1 Å². The molecule has 0 rings (SSSR count). The Morgan fingerprint density at radius 3 is 2.62 bits per heavy atom. The molecule has 13 heavy (non-hydrogen) atoms. The van der Waals surface area contributed by atoms with Gasteiger partial charge in [0, 0.05) is 6.08 Å². The van der Waals surface area contributed by atoms with Crippen molar-refractivity contribution >= 4 is 5.97 Å². The normalized spacial score (nSPS) is 13.6. The first-order chi connectivity index (χ1) is 6.06. The van der Waals surface area contributed by atoms with E-state index in [1.807, 2.05) is 13.8 Å². The maximum absolute atomic E-state index is 10.8. The summed E-state index contributed by atoms with van der Waals surface area (Å²) >= 11 is 0. The van der Waals surface area contributed by atoms with E-state index in [-0.39, 0.29) is 0 Å². The maximum Gasteiger partial charge on any atom is 0.330 e. The summed E-state index contributed by atoms with van der Waals surface area (Å²) in [6.45, 7) is 6.14. The first-order valence-corrected chi connectivity index (χ1v) is 4.59. The van der Waals surface area contributed by atoms with Crippen molar-refractivity contribution in [1.82, 2.24) is 0 Å². The molecule has 0 aliphatic rings. The molecule has 0 aromatic rings. The molecule has 0 saturated heterocycles. The van der Waals surface area contributed by atoms with Crippen molar-refractivity contribution in [2.75, 3.05) is 6.61 Å². The fourth-order valence-corrected chi connectivity index (χ4v) is 0.942. The zero-order valence-corrected chi connectivity index (χ0v) is 8.49. The lowest BCUT2D eigenvalue weighted by atomic mass is 10.1. The van der Waals surface area contributed by atoms with Gasteiger partial charge in [0.25, 0.3) is 0 Å². The van der Waals surface area contributed by atoms with Crippen LogP contribution in [0, 0.1) is 5.92 Å². The number of aliphatic hydroxyl groups is 1. The molecule has 76 valence electrons. The highest BCUT2D eigenvalue weighted by Gasteiger charge is 2.03. The second kappa shape index (κ2) is 6.66. The quantitative estimate of drug-likeness (QED) is 0.523. The third-order valence-corrected chi connectivity index (χ3v) is 1.45. The SMILES string of the molecule is CCOC(=O)/C=C/[C@H](O)CC(C)C. The van der Waals surface area contributed by atoms with Crippen LogP contribution in [0.4, 0.5) is 0 Å². The Hall–Kier alpha value is -0.830. The number of esters is 1. The van der Waals surface area contributed by atoms with E-state index in [9.17, 15) is 9.90 Å². The third-order valence-electron chi connectivity index (χ3n) is 1.45. The molecule has 3 heteroatoms. The number of ether oxygens (including phenoxy) is 1. The first-order valence-electron chi connectivity index (χ1n) is 4.59. The third kappa shape index (κ3) is 7.53. The summed E-state index contributed by atoms with van der Waals surface area (Å²) in [5.41, 5.74) is 0. The fourth-order valence-electron chi connectivity index (χ4n) is 0.942. The van der Waals surface area contributed by atoms with Gasteiger partial charge in [-0.25, -0.2) is 4.79 Å². The Morgan fingerprint density at radius 1 is 1.54 bits per heavy atom. The summed E-state index contributed by atoms with van der Waals surface area (Å²) in [5.74, 6) is 0.0205. The summed E-state index contributed by atoms with van der Waals surface area (Å²) < 4.78 is 4.66. The lowest BCUT2D eigenvalue weighted by Gasteiger charge is -2.07. The second-order valence-corrected chi connectivity index (χ2v) is 3.31. The monoisotopic (exact) mass is 186 g/mol. The molecule has 1 N–H and O–H groups in total. The Bertz CT molecular complexity index is 173. The Morgan fingerprint density at radius 2 is 2.15 bits per heavy atom. The summed E-state index contributed by atoms with van der Waals surface area (Å²) in [4.78, 5) is 10.8. The van der Waals surface area contributed by atoms with E-state index in [4.69, 9.17) is 0 Å². The molecule has 0 spiro atoms. The smallest absolute Gasteiger partial charge is 0.330 e. The van der Waals surface area contributed by atoms with E-state index in [0.29, 0.717) is 18.9 Å². The number of carbonyl (C=O) groups is 1. The van der Waals surface area contributed by atoms with Gasteiger partial charge in [0.2, 0.25) is 0 Å². The van der Waals surface area contributed by atoms with Gasteiger partial charge in [-0.2, -0.15) is 0 Å². The number of hydrogen-bond acceptors (Lipinski definition) is 3. The lowest BCUT2D eigenvalue weighted by molar-refractivity contribution is -0.137. The number of hydrogen-bond donors (Lipinski definition) is 1. The van der Waals surface area contributed by atoms with E-state index in [1.165, 1.54) is 12.2 Å². The number of carbonyl (C=O) groups excluding carboxylic acids is 1. The summed E-state index contributed by atoms with van der Waals surface area (Å²) in [6, 6.07) is 0. The van der Waals surface area contributed by atoms with Crippen molar-refractivity contribution < 1.29 is 14.6 Å². The van der Waals surface area contributed by atoms with Crippen LogP contribution in [0.25, 0.3) is 0 Å². The molecule has 0 radical (unpaired) electrons. The average molecular weight is 186 g/mol. The summed E-state index contributed by atoms with van der Waals surface area (Å²) in [6.07, 6.45) is 2.86. The van der Waals surface area contributed by atoms with Crippen molar-refractivity contribution in [1.29, 1.82) is 0 Å². The highest BCUT2D eigenvalue weighted by atomic mass is 16.5. The van der Waals surface area contributed by atoms with Crippen LogP contribution < -0.4 is 0 Å². The Balaban J connectivity index is 3.75. The fraction of sp³-hybridized carbons (Fsp3) is 0.700. The molecule has 1 atom stereocenters. The van der Waals surface area contributed by atoms with Gasteiger partial charge in [-0.1, -0.05) is 13.8 Å². The molecule has 0 fully saturated rings. The van der Waals surface area contributed by atoms with E-state index >= 15 is 0 Å². The molecule has 0 aromatic carbocycles. The van der Waals surface area contributed by atoms with E-state index in [0.717, 1.165) is 0 Å². The van der Waals surface area contributed by atoms with Gasteiger partial charge in [0.15, 0.2) is 0 Å². The highest BCUT2D eigenvalue weighted by Crippen LogP contribution is 2.05. The van der Waals surface area contributed by atoms with Crippen molar-refractivity contribution in [2.24, 2.45) is 5.92 Å². The predicted octanol–water partition coefficient (Wildman–Crippen LogP) is 1.51. The molecule has 3 nitrogen and oxygen atoms in total. The van der Waals surface area contributed by atoms with Gasteiger partial charge in [0.1, 0.15) is 0 Å². The van der Waals surface area contributed by atoms with E-state index in [2.05, 4.69) is 4.74 Å². The Kier molecular flexibility index (Phi) is 6.24. The van der Waals surface area contributed by atoms with Gasteiger partial charge < -0.3 is 9.84 Å². The molecule has 0 aliphatic carbocycles. The minimum Gasteiger partial charge on any atom is -0.463 e. The van der Waals surface area contributed by atoms with Crippen LogP contribution in [0.3, 0.4) is 0 Å². The summed E-state index contributed by atoms with van der Waals surface area (Å²) in [7, 11) is 0. The van der Waals surface area contributed by atoms with Crippen LogP contribution in [-0.4, -0.2) is 23.8 Å². The topological polar surface area (TPSA) is 46.5 Å². The molecule has 0 amide bonds. The van der Waals surface area contributed by atoms with Crippen LogP contribution in [0.2, 0.25) is 0 Å². The summed E-state index contributed by atoms with van der Waals surface area (Å²) in [5, 5.41) is 9.34. The standard InChI is InChI=1S/C10H18O3/c1-4-13-10(12)6-5-9(11)7-8(2)3/h5-6,8-9,11H,4,7H2,1-3H3/b6-5+/t9-/m0/s1. The first kappa shape index (κ1) is 12.2. The van der Waals surface area contributed by atoms with Crippen LogP contribution in [0.1, 0.15) is 27.2 Å². The van der Waals surface area contributed by atoms with Crippen LogP contribution in [0.15, 0.2) is 12.2 Å². The second-order valence-electron chi connectivity index (χ2n) is 3.31. The molecule has 0 unspecified atom stereocenters. The lowest BCUT2D eigenvalue weighted by Crippen LogP contribution is -2.08. The Labute approximate surface area is 79.4 Å². The average Bonchev–Trinajstić information content (AvgIpc) is 2.00. The van der Waals surface area contributed by atoms with E-state index in [1.54, 1.807) is 6.92 Å². The zero-order chi connectivity index (χ0) is 10.3. The number of rotatable bonds is 5. The van der Waals surface area contributed by atoms with Crippen molar-refractivity contribution in [3.63, 3.8) is 0 Å². The number of aliphatic hydroxyl groups excluding tert-OH is 1. The zero-order valence-electron chi connectivity index (χ0n) is 8.49. The van der Waals surface area contributed by atoms with Crippen LogP contribution in [0.5, 0.6) is 0 Å². The van der Waals surface area contributed by atoms with Gasteiger partial charge in [-0.05, 0) is 25.3 Å². The largest absolute Gasteiger partial charge is 0.463 e. The minimum atomic E-state index is -0.551. The molecule has 0 bridgehead atoms. The molecular weight excluding hydrogens is 168 g/mol. The minimum absolute atomic E-state index is 0.365. The maximum atomic E-state index is 10.8. The van der Waals surface area contributed by atoms with Crippen molar-refractivity contribution in [3.05, 3.63) is 12.2 Å². The van der Waals surface area contributed by atoms with Gasteiger partial charge in [-0.3, -0.25) is 0 Å². The van der Waals surface area contributed by atoms with Gasteiger partial charge in [-0.15, -0.1) is 0 Å². The van der Waals surface area contributed by atoms with Crippen molar-refractivity contribution in [2.45, 2.75) is 33.3 Å². The van der Waals surface area contributed by atoms with Gasteiger partial charge >= 0.3 is 5.97 Å². The molecular formula is C10H18O3. The van der Waals surface area contributed by atoms with Crippen LogP contribution in [-0.2, 0) is 9.53 Å². The molecule has 0 aromatic heterocycles. The van der Waals surface area contributed by atoms with Crippen LogP contribution >= 0.6 is 0 Å². The predicted molar refractivity (Wildman–Crippen MR) is 51.2 cm³/mol. The van der Waals surface area contributed by atoms with Gasteiger partial charge in [0.05, 0.1) is 12.7 Å². The highest BCUT2D eigenvalue weighted by molar-refractivity contribution is 5.81. The molecule has 0 aliphatic heterocycles. The van der Waals surface area contributed by atoms with Crippen molar-refractivity contribution in [3.8, 4) is 0 Å².